The molecule has 0 aliphatic carbocycles. The van der Waals surface area contributed by atoms with Crippen LogP contribution < -0.4 is 0 Å². The first kappa shape index (κ1) is 18.1. The topological polar surface area (TPSA) is 58.0 Å². The first-order valence-electron chi connectivity index (χ1n) is 5.89. The van der Waals surface area contributed by atoms with Crippen molar-refractivity contribution < 1.29 is 17.2 Å². The van der Waals surface area contributed by atoms with Crippen LogP contribution in [0.25, 0.3) is 6.08 Å². The first-order valence-corrected chi connectivity index (χ1v) is 8.73. The fraction of sp³-hybridized carbons (Fsp3) is 0.308. The van der Waals surface area contributed by atoms with Crippen LogP contribution in [0.15, 0.2) is 23.1 Å². The number of allylic oxidation sites excluding steroid dienone is 1. The third-order valence-electron chi connectivity index (χ3n) is 2.65. The van der Waals surface area contributed by atoms with Gasteiger partial charge in [-0.25, -0.2) is 17.2 Å². The molecule has 3 nitrogen and oxygen atoms in total. The number of hydrogen-bond acceptors (Lipinski definition) is 3. The van der Waals surface area contributed by atoms with Gasteiger partial charge in [-0.2, -0.15) is 0 Å². The SMILES string of the molecule is CC(C=Cc1cc(F)c(F)cc1S(=O)(=O)Cl)CC(=N)CCl. The van der Waals surface area contributed by atoms with Crippen LogP contribution >= 0.6 is 22.3 Å². The van der Waals surface area contributed by atoms with Gasteiger partial charge in [0.05, 0.1) is 10.8 Å². The predicted molar refractivity (Wildman–Crippen MR) is 80.7 cm³/mol. The molecule has 0 spiro atoms. The molecular formula is C13H13Cl2F2NO2S. The fourth-order valence-corrected chi connectivity index (χ4v) is 2.83. The van der Waals surface area contributed by atoms with Crippen molar-refractivity contribution >= 4 is 43.1 Å². The first-order chi connectivity index (χ1) is 9.65. The van der Waals surface area contributed by atoms with Crippen LogP contribution in [0, 0.1) is 23.0 Å². The highest BCUT2D eigenvalue weighted by Gasteiger charge is 2.18. The Morgan fingerprint density at radius 1 is 1.38 bits per heavy atom. The molecule has 1 rings (SSSR count). The average molecular weight is 356 g/mol. The Hall–Kier alpha value is -0.980. The van der Waals surface area contributed by atoms with Crippen LogP contribution in [0.4, 0.5) is 8.78 Å². The highest BCUT2D eigenvalue weighted by atomic mass is 35.7. The van der Waals surface area contributed by atoms with E-state index in [9.17, 15) is 17.2 Å². The van der Waals surface area contributed by atoms with Gasteiger partial charge in [-0.3, -0.25) is 0 Å². The maximum atomic E-state index is 13.2. The Morgan fingerprint density at radius 3 is 2.48 bits per heavy atom. The molecule has 0 saturated carbocycles. The van der Waals surface area contributed by atoms with E-state index >= 15 is 0 Å². The molecule has 0 fully saturated rings. The fourth-order valence-electron chi connectivity index (χ4n) is 1.66. The zero-order valence-corrected chi connectivity index (χ0v) is 13.4. The zero-order chi connectivity index (χ0) is 16.2. The van der Waals surface area contributed by atoms with Gasteiger partial charge in [0, 0.05) is 16.4 Å². The van der Waals surface area contributed by atoms with Crippen molar-refractivity contribution in [1.82, 2.24) is 0 Å². The maximum absolute atomic E-state index is 13.2. The van der Waals surface area contributed by atoms with Crippen LogP contribution in [0.1, 0.15) is 18.9 Å². The van der Waals surface area contributed by atoms with E-state index in [-0.39, 0.29) is 17.4 Å². The van der Waals surface area contributed by atoms with Crippen LogP contribution in [-0.2, 0) is 9.05 Å². The summed E-state index contributed by atoms with van der Waals surface area (Å²) < 4.78 is 49.1. The molecule has 1 aromatic carbocycles. The minimum atomic E-state index is -4.20. The lowest BCUT2D eigenvalue weighted by atomic mass is 10.0. The summed E-state index contributed by atoms with van der Waals surface area (Å²) in [5.41, 5.74) is 0.275. The molecule has 0 amide bonds. The van der Waals surface area contributed by atoms with Crippen molar-refractivity contribution in [3.05, 3.63) is 35.4 Å². The van der Waals surface area contributed by atoms with E-state index in [0.717, 1.165) is 6.07 Å². The van der Waals surface area contributed by atoms with Gasteiger partial charge in [-0.1, -0.05) is 19.1 Å². The molecule has 116 valence electrons. The van der Waals surface area contributed by atoms with Crippen LogP contribution in [0.2, 0.25) is 0 Å². The van der Waals surface area contributed by atoms with Gasteiger partial charge in [-0.05, 0) is 30.0 Å². The molecule has 0 bridgehead atoms. The summed E-state index contributed by atoms with van der Waals surface area (Å²) in [6, 6.07) is 1.31. The van der Waals surface area contributed by atoms with Gasteiger partial charge >= 0.3 is 0 Å². The molecule has 0 aromatic heterocycles. The molecule has 0 heterocycles. The second-order valence-corrected chi connectivity index (χ2v) is 7.32. The molecule has 1 N–H and O–H groups in total. The number of nitrogens with one attached hydrogen (secondary N) is 1. The molecule has 21 heavy (non-hydrogen) atoms. The van der Waals surface area contributed by atoms with E-state index < -0.39 is 25.6 Å². The Morgan fingerprint density at radius 2 is 1.95 bits per heavy atom. The van der Waals surface area contributed by atoms with Gasteiger partial charge in [0.1, 0.15) is 0 Å². The number of rotatable bonds is 6. The van der Waals surface area contributed by atoms with E-state index in [1.165, 1.54) is 6.08 Å². The Kier molecular flexibility index (Phi) is 6.31. The van der Waals surface area contributed by atoms with E-state index in [4.69, 9.17) is 27.7 Å². The molecule has 1 unspecified atom stereocenters. The molecule has 1 atom stereocenters. The van der Waals surface area contributed by atoms with E-state index in [2.05, 4.69) is 0 Å². The summed E-state index contributed by atoms with van der Waals surface area (Å²) in [5, 5.41) is 7.46. The van der Waals surface area contributed by atoms with Crippen LogP contribution in [0.3, 0.4) is 0 Å². The predicted octanol–water partition coefficient (Wildman–Crippen LogP) is 4.19. The molecule has 0 saturated heterocycles. The molecule has 1 aromatic rings. The zero-order valence-electron chi connectivity index (χ0n) is 11.0. The van der Waals surface area contributed by atoms with E-state index in [0.29, 0.717) is 18.2 Å². The van der Waals surface area contributed by atoms with E-state index in [1.54, 1.807) is 13.0 Å². The molecule has 0 radical (unpaired) electrons. The van der Waals surface area contributed by atoms with Crippen molar-refractivity contribution in [2.24, 2.45) is 5.92 Å². The lowest BCUT2D eigenvalue weighted by Gasteiger charge is -2.07. The highest BCUT2D eigenvalue weighted by molar-refractivity contribution is 8.13. The average Bonchev–Trinajstić information content (AvgIpc) is 2.38. The van der Waals surface area contributed by atoms with Crippen molar-refractivity contribution in [1.29, 1.82) is 5.41 Å². The van der Waals surface area contributed by atoms with E-state index in [1.807, 2.05) is 0 Å². The summed E-state index contributed by atoms with van der Waals surface area (Å²) in [6.45, 7) is 1.78. The standard InChI is InChI=1S/C13H13Cl2F2NO2S/c1-8(4-10(18)7-14)2-3-9-5-11(16)12(17)6-13(9)21(15,19)20/h2-3,5-6,8,18H,4,7H2,1H3. The summed E-state index contributed by atoms with van der Waals surface area (Å²) in [6.07, 6.45) is 3.30. The van der Waals surface area contributed by atoms with Crippen LogP contribution in [-0.4, -0.2) is 20.0 Å². The third kappa shape index (κ3) is 5.37. The molecule has 0 aliphatic heterocycles. The summed E-state index contributed by atoms with van der Waals surface area (Å²) in [7, 11) is 1.01. The number of benzene rings is 1. The number of halogens is 4. The van der Waals surface area contributed by atoms with Crippen molar-refractivity contribution in [2.45, 2.75) is 18.2 Å². The highest BCUT2D eigenvalue weighted by Crippen LogP contribution is 2.25. The summed E-state index contributed by atoms with van der Waals surface area (Å²) in [4.78, 5) is -0.501. The Labute approximate surface area is 131 Å². The van der Waals surface area contributed by atoms with Gasteiger partial charge in [-0.15, -0.1) is 11.6 Å². The van der Waals surface area contributed by atoms with Gasteiger partial charge in [0.25, 0.3) is 9.05 Å². The normalized spacial score (nSPS) is 13.6. The van der Waals surface area contributed by atoms with Crippen molar-refractivity contribution in [3.8, 4) is 0 Å². The molecule has 0 aliphatic rings. The van der Waals surface area contributed by atoms with Crippen molar-refractivity contribution in [2.75, 3.05) is 5.88 Å². The largest absolute Gasteiger partial charge is 0.308 e. The monoisotopic (exact) mass is 355 g/mol. The third-order valence-corrected chi connectivity index (χ3v) is 4.35. The molecular weight excluding hydrogens is 343 g/mol. The van der Waals surface area contributed by atoms with Crippen LogP contribution in [0.5, 0.6) is 0 Å². The number of hydrogen-bond donors (Lipinski definition) is 1. The van der Waals surface area contributed by atoms with Crippen molar-refractivity contribution in [3.63, 3.8) is 0 Å². The summed E-state index contributed by atoms with van der Waals surface area (Å²) >= 11 is 5.50. The quantitative estimate of drug-likeness (QED) is 0.472. The second kappa shape index (κ2) is 7.33. The minimum absolute atomic E-state index is 0.0480. The lowest BCUT2D eigenvalue weighted by Crippen LogP contribution is -2.04. The van der Waals surface area contributed by atoms with Gasteiger partial charge in [0.15, 0.2) is 11.6 Å². The summed E-state index contributed by atoms with van der Waals surface area (Å²) in [5.74, 6) is -2.47. The maximum Gasteiger partial charge on any atom is 0.262 e. The molecule has 8 heteroatoms. The smallest absolute Gasteiger partial charge is 0.262 e. The Balaban J connectivity index is 3.13. The second-order valence-electron chi connectivity index (χ2n) is 4.52. The number of alkyl halides is 1. The van der Waals surface area contributed by atoms with Gasteiger partial charge < -0.3 is 5.41 Å². The van der Waals surface area contributed by atoms with Gasteiger partial charge in [0.2, 0.25) is 0 Å². The lowest BCUT2D eigenvalue weighted by molar-refractivity contribution is 0.504. The minimum Gasteiger partial charge on any atom is -0.308 e. The Bertz CT molecular complexity index is 675.